The second-order valence-electron chi connectivity index (χ2n) is 7.98. The van der Waals surface area contributed by atoms with Gasteiger partial charge in [0.05, 0.1) is 27.0 Å². The van der Waals surface area contributed by atoms with Gasteiger partial charge in [-0.3, -0.25) is 13.9 Å². The number of anilines is 1. The molecule has 34 heavy (non-hydrogen) atoms. The first kappa shape index (κ1) is 28.5. The zero-order valence-electron chi connectivity index (χ0n) is 19.0. The van der Waals surface area contributed by atoms with Crippen LogP contribution >= 0.6 is 46.4 Å². The monoisotopic (exact) mass is 567 g/mol. The molecule has 0 heterocycles. The minimum absolute atomic E-state index is 0.000356. The summed E-state index contributed by atoms with van der Waals surface area (Å²) in [4.78, 5) is 27.5. The lowest BCUT2D eigenvalue weighted by Crippen LogP contribution is -2.52. The Morgan fingerprint density at radius 1 is 0.971 bits per heavy atom. The van der Waals surface area contributed by atoms with Gasteiger partial charge in [-0.25, -0.2) is 8.42 Å². The van der Waals surface area contributed by atoms with Gasteiger partial charge < -0.3 is 10.2 Å². The minimum Gasteiger partial charge on any atom is -0.352 e. The largest absolute Gasteiger partial charge is 0.352 e. The Morgan fingerprint density at radius 2 is 1.59 bits per heavy atom. The van der Waals surface area contributed by atoms with Crippen LogP contribution < -0.4 is 9.62 Å². The fourth-order valence-electron chi connectivity index (χ4n) is 3.12. The molecule has 1 N–H and O–H groups in total. The maximum absolute atomic E-state index is 13.5. The number of nitrogens with zero attached hydrogens (tertiary/aromatic N) is 2. The Morgan fingerprint density at radius 3 is 2.15 bits per heavy atom. The molecule has 0 bridgehead atoms. The second-order valence-corrected chi connectivity index (χ2v) is 11.5. The van der Waals surface area contributed by atoms with Crippen LogP contribution in [0.3, 0.4) is 0 Å². The zero-order chi connectivity index (χ0) is 25.8. The van der Waals surface area contributed by atoms with E-state index >= 15 is 0 Å². The van der Waals surface area contributed by atoms with E-state index < -0.39 is 28.5 Å². The highest BCUT2D eigenvalue weighted by molar-refractivity contribution is 7.92. The van der Waals surface area contributed by atoms with Gasteiger partial charge in [0, 0.05) is 17.6 Å². The van der Waals surface area contributed by atoms with Gasteiger partial charge in [0.25, 0.3) is 0 Å². The third kappa shape index (κ3) is 7.65. The third-order valence-electron chi connectivity index (χ3n) is 4.78. The van der Waals surface area contributed by atoms with Gasteiger partial charge in [-0.2, -0.15) is 0 Å². The summed E-state index contributed by atoms with van der Waals surface area (Å²) in [5.74, 6) is -1.01. The molecule has 0 aromatic heterocycles. The summed E-state index contributed by atoms with van der Waals surface area (Å²) in [7, 11) is -3.97. The minimum atomic E-state index is -3.97. The van der Waals surface area contributed by atoms with Crippen molar-refractivity contribution in [1.29, 1.82) is 0 Å². The summed E-state index contributed by atoms with van der Waals surface area (Å²) >= 11 is 24.3. The number of halogens is 4. The Hall–Kier alpha value is -1.71. The number of carbonyl (C=O) groups is 2. The van der Waals surface area contributed by atoms with Crippen LogP contribution in [0, 0.1) is 0 Å². The summed E-state index contributed by atoms with van der Waals surface area (Å²) in [5.41, 5.74) is 0.664. The van der Waals surface area contributed by atoms with Crippen LogP contribution in [0.4, 0.5) is 5.69 Å². The standard InChI is InChI=1S/C22H25Cl4N3O4S/c1-13(2)27-22(31)14(3)28(11-15-6-5-7-16(23)8-15)21(30)12-29(34(4,32)33)20-10-18(25)17(24)9-19(20)26/h5-10,13-14H,11-12H2,1-4H3,(H,27,31)/t14-/m1/s1. The van der Waals surface area contributed by atoms with Crippen LogP contribution in [0.15, 0.2) is 36.4 Å². The fourth-order valence-corrected chi connectivity index (χ4v) is 4.88. The van der Waals surface area contributed by atoms with Crippen LogP contribution in [0.1, 0.15) is 26.3 Å². The van der Waals surface area contributed by atoms with Crippen molar-refractivity contribution in [2.45, 2.75) is 39.4 Å². The highest BCUT2D eigenvalue weighted by Crippen LogP contribution is 2.35. The summed E-state index contributed by atoms with van der Waals surface area (Å²) in [5, 5.41) is 3.44. The van der Waals surface area contributed by atoms with Crippen LogP contribution in [-0.4, -0.2) is 50.0 Å². The molecule has 0 aliphatic carbocycles. The quantitative estimate of drug-likeness (QED) is 0.431. The second kappa shape index (κ2) is 11.8. The lowest BCUT2D eigenvalue weighted by atomic mass is 10.1. The van der Waals surface area contributed by atoms with E-state index in [2.05, 4.69) is 5.32 Å². The molecule has 0 aliphatic heterocycles. The molecular weight excluding hydrogens is 544 g/mol. The number of carbonyl (C=O) groups excluding carboxylic acids is 2. The number of sulfonamides is 1. The van der Waals surface area contributed by atoms with E-state index in [1.165, 1.54) is 17.0 Å². The van der Waals surface area contributed by atoms with E-state index in [0.717, 1.165) is 10.6 Å². The molecule has 186 valence electrons. The maximum atomic E-state index is 13.5. The number of hydrogen-bond acceptors (Lipinski definition) is 4. The highest BCUT2D eigenvalue weighted by Gasteiger charge is 2.31. The van der Waals surface area contributed by atoms with Crippen molar-refractivity contribution in [2.24, 2.45) is 0 Å². The van der Waals surface area contributed by atoms with Gasteiger partial charge in [-0.15, -0.1) is 0 Å². The third-order valence-corrected chi connectivity index (χ3v) is 7.16. The molecule has 2 amide bonds. The number of hydrogen-bond donors (Lipinski definition) is 1. The first-order chi connectivity index (χ1) is 15.7. The van der Waals surface area contributed by atoms with Crippen LogP contribution in [-0.2, 0) is 26.2 Å². The Bertz CT molecular complexity index is 1170. The summed E-state index contributed by atoms with van der Waals surface area (Å²) < 4.78 is 26.1. The molecule has 0 saturated carbocycles. The summed E-state index contributed by atoms with van der Waals surface area (Å²) in [6.45, 7) is 4.57. The van der Waals surface area contributed by atoms with Crippen molar-refractivity contribution >= 4 is 73.9 Å². The predicted octanol–water partition coefficient (Wildman–Crippen LogP) is 5.01. The van der Waals surface area contributed by atoms with Crippen molar-refractivity contribution in [3.63, 3.8) is 0 Å². The van der Waals surface area contributed by atoms with E-state index in [-0.39, 0.29) is 39.2 Å². The molecule has 0 radical (unpaired) electrons. The smallest absolute Gasteiger partial charge is 0.244 e. The molecule has 0 aliphatic rings. The SMILES string of the molecule is CC(C)NC(=O)[C@@H](C)N(Cc1cccc(Cl)c1)C(=O)CN(c1cc(Cl)c(Cl)cc1Cl)S(C)(=O)=O. The number of nitrogens with one attached hydrogen (secondary N) is 1. The molecule has 2 aromatic carbocycles. The maximum Gasteiger partial charge on any atom is 0.244 e. The van der Waals surface area contributed by atoms with Gasteiger partial charge in [0.2, 0.25) is 21.8 Å². The lowest BCUT2D eigenvalue weighted by Gasteiger charge is -2.32. The molecular formula is C22H25Cl4N3O4S. The topological polar surface area (TPSA) is 86.8 Å². The molecule has 0 saturated heterocycles. The van der Waals surface area contributed by atoms with Crippen molar-refractivity contribution in [2.75, 3.05) is 17.1 Å². The van der Waals surface area contributed by atoms with E-state index in [1.807, 2.05) is 0 Å². The molecule has 1 atom stereocenters. The van der Waals surface area contributed by atoms with E-state index in [4.69, 9.17) is 46.4 Å². The number of rotatable bonds is 9. The van der Waals surface area contributed by atoms with E-state index in [1.54, 1.807) is 45.0 Å². The molecule has 12 heteroatoms. The van der Waals surface area contributed by atoms with Crippen LogP contribution in [0.25, 0.3) is 0 Å². The molecule has 2 rings (SSSR count). The van der Waals surface area contributed by atoms with Gasteiger partial charge in [-0.05, 0) is 50.6 Å². The molecule has 7 nitrogen and oxygen atoms in total. The number of benzene rings is 2. The first-order valence-corrected chi connectivity index (χ1v) is 13.5. The van der Waals surface area contributed by atoms with Crippen molar-refractivity contribution in [3.05, 3.63) is 62.1 Å². The lowest BCUT2D eigenvalue weighted by molar-refractivity contribution is -0.139. The Balaban J connectivity index is 2.46. The molecule has 2 aromatic rings. The van der Waals surface area contributed by atoms with Crippen molar-refractivity contribution in [1.82, 2.24) is 10.2 Å². The average molecular weight is 569 g/mol. The molecule has 0 spiro atoms. The Labute approximate surface area is 220 Å². The normalized spacial score (nSPS) is 12.4. The fraction of sp³-hybridized carbons (Fsp3) is 0.364. The van der Waals surface area contributed by atoms with Crippen molar-refractivity contribution in [3.8, 4) is 0 Å². The average Bonchev–Trinajstić information content (AvgIpc) is 2.71. The highest BCUT2D eigenvalue weighted by atomic mass is 35.5. The first-order valence-electron chi connectivity index (χ1n) is 10.2. The summed E-state index contributed by atoms with van der Waals surface area (Å²) in [6.07, 6.45) is 0.940. The van der Waals surface area contributed by atoms with Crippen LogP contribution in [0.5, 0.6) is 0 Å². The zero-order valence-corrected chi connectivity index (χ0v) is 22.8. The van der Waals surface area contributed by atoms with Crippen LogP contribution in [0.2, 0.25) is 20.1 Å². The molecule has 0 fully saturated rings. The van der Waals surface area contributed by atoms with Gasteiger partial charge in [-0.1, -0.05) is 58.5 Å². The van der Waals surface area contributed by atoms with Gasteiger partial charge >= 0.3 is 0 Å². The molecule has 0 unspecified atom stereocenters. The van der Waals surface area contributed by atoms with E-state index in [9.17, 15) is 18.0 Å². The van der Waals surface area contributed by atoms with Gasteiger partial charge in [0.1, 0.15) is 12.6 Å². The Kier molecular flexibility index (Phi) is 9.91. The predicted molar refractivity (Wildman–Crippen MR) is 138 cm³/mol. The summed E-state index contributed by atoms with van der Waals surface area (Å²) in [6, 6.07) is 8.34. The van der Waals surface area contributed by atoms with Crippen molar-refractivity contribution < 1.29 is 18.0 Å². The number of amides is 2. The van der Waals surface area contributed by atoms with E-state index in [0.29, 0.717) is 10.6 Å². The van der Waals surface area contributed by atoms with Gasteiger partial charge in [0.15, 0.2) is 0 Å².